The van der Waals surface area contributed by atoms with E-state index in [1.54, 1.807) is 0 Å². The van der Waals surface area contributed by atoms with Gasteiger partial charge in [-0.3, -0.25) is 4.79 Å². The molecule has 0 spiro atoms. The van der Waals surface area contributed by atoms with Gasteiger partial charge in [-0.1, -0.05) is 18.2 Å². The van der Waals surface area contributed by atoms with Crippen molar-refractivity contribution in [1.82, 2.24) is 5.32 Å². The van der Waals surface area contributed by atoms with Gasteiger partial charge < -0.3 is 20.1 Å². The fraction of sp³-hybridized carbons (Fsp3) is 0.316. The minimum absolute atomic E-state index is 0.0902. The van der Waals surface area contributed by atoms with Gasteiger partial charge in [0.05, 0.1) is 6.10 Å². The van der Waals surface area contributed by atoms with Gasteiger partial charge in [0.15, 0.2) is 0 Å². The number of rotatable bonds is 6. The average molecular weight is 326 g/mol. The van der Waals surface area contributed by atoms with Crippen molar-refractivity contribution in [2.75, 3.05) is 25.0 Å². The lowest BCUT2D eigenvalue weighted by molar-refractivity contribution is -0.123. The van der Waals surface area contributed by atoms with Gasteiger partial charge in [-0.15, -0.1) is 0 Å². The van der Waals surface area contributed by atoms with Crippen LogP contribution < -0.4 is 15.4 Å². The number of hydrogen-bond donors (Lipinski definition) is 2. The molecule has 2 aromatic rings. The normalized spacial score (nSPS) is 15.0. The second-order valence-corrected chi connectivity index (χ2v) is 5.75. The van der Waals surface area contributed by atoms with Gasteiger partial charge in [0.2, 0.25) is 5.91 Å². The average Bonchev–Trinajstić information content (AvgIpc) is 2.63. The first-order valence-corrected chi connectivity index (χ1v) is 8.25. The fourth-order valence-corrected chi connectivity index (χ4v) is 2.58. The van der Waals surface area contributed by atoms with Crippen LogP contribution in [0.25, 0.3) is 0 Å². The van der Waals surface area contributed by atoms with Crippen molar-refractivity contribution in [2.45, 2.75) is 18.9 Å². The Morgan fingerprint density at radius 1 is 1.00 bits per heavy atom. The summed E-state index contributed by atoms with van der Waals surface area (Å²) >= 11 is 0. The zero-order chi connectivity index (χ0) is 16.6. The lowest BCUT2D eigenvalue weighted by Crippen LogP contribution is -2.34. The summed E-state index contributed by atoms with van der Waals surface area (Å²) in [6.07, 6.45) is 2.09. The summed E-state index contributed by atoms with van der Waals surface area (Å²) in [7, 11) is 0. The zero-order valence-corrected chi connectivity index (χ0v) is 13.5. The van der Waals surface area contributed by atoms with E-state index in [1.165, 1.54) is 0 Å². The first-order chi connectivity index (χ1) is 11.8. The Morgan fingerprint density at radius 2 is 1.67 bits per heavy atom. The molecule has 0 radical (unpaired) electrons. The molecule has 1 aliphatic heterocycles. The van der Waals surface area contributed by atoms with Crippen molar-refractivity contribution in [3.05, 3.63) is 54.6 Å². The van der Waals surface area contributed by atoms with Crippen LogP contribution in [0.15, 0.2) is 54.6 Å². The molecule has 1 aliphatic rings. The lowest BCUT2D eigenvalue weighted by Gasteiger charge is -2.22. The van der Waals surface area contributed by atoms with Crippen LogP contribution in [0.4, 0.5) is 5.69 Å². The van der Waals surface area contributed by atoms with Crippen molar-refractivity contribution in [2.24, 2.45) is 0 Å². The summed E-state index contributed by atoms with van der Waals surface area (Å²) in [5.41, 5.74) is 0.731. The van der Waals surface area contributed by atoms with Crippen molar-refractivity contribution in [1.29, 1.82) is 0 Å². The van der Waals surface area contributed by atoms with Crippen LogP contribution in [0.3, 0.4) is 0 Å². The number of piperidine rings is 1. The molecule has 126 valence electrons. The summed E-state index contributed by atoms with van der Waals surface area (Å²) in [4.78, 5) is 11.9. The summed E-state index contributed by atoms with van der Waals surface area (Å²) in [6.45, 7) is 2.00. The van der Waals surface area contributed by atoms with Crippen LogP contribution in [0.1, 0.15) is 12.8 Å². The predicted octanol–water partition coefficient (Wildman–Crippen LogP) is 3.19. The predicted molar refractivity (Wildman–Crippen MR) is 93.4 cm³/mol. The third-order valence-corrected chi connectivity index (χ3v) is 3.85. The number of carbonyl (C=O) groups excluding carboxylic acids is 1. The molecule has 0 aliphatic carbocycles. The van der Waals surface area contributed by atoms with E-state index < -0.39 is 0 Å². The number of para-hydroxylation sites is 1. The maximum absolute atomic E-state index is 11.9. The fourth-order valence-electron chi connectivity index (χ4n) is 2.58. The quantitative estimate of drug-likeness (QED) is 0.856. The molecule has 0 unspecified atom stereocenters. The molecule has 0 aromatic heterocycles. The summed E-state index contributed by atoms with van der Waals surface area (Å²) in [5.74, 6) is 1.38. The third-order valence-electron chi connectivity index (χ3n) is 3.85. The minimum atomic E-state index is -0.134. The van der Waals surface area contributed by atoms with E-state index in [4.69, 9.17) is 9.47 Å². The maximum atomic E-state index is 11.9. The monoisotopic (exact) mass is 326 g/mol. The van der Waals surface area contributed by atoms with Crippen molar-refractivity contribution in [3.8, 4) is 11.5 Å². The topological polar surface area (TPSA) is 59.6 Å². The highest BCUT2D eigenvalue weighted by Crippen LogP contribution is 2.22. The number of nitrogens with one attached hydrogen (secondary N) is 2. The number of benzene rings is 2. The standard InChI is InChI=1S/C19H22N2O3/c22-19(14-23-16-10-12-20-13-11-16)21-15-6-8-18(9-7-15)24-17-4-2-1-3-5-17/h1-9,16,20H,10-14H2,(H,21,22). The second-order valence-electron chi connectivity index (χ2n) is 5.75. The van der Waals surface area contributed by atoms with Crippen molar-refractivity contribution in [3.63, 3.8) is 0 Å². The van der Waals surface area contributed by atoms with Crippen LogP contribution in [0.5, 0.6) is 11.5 Å². The number of amides is 1. The minimum Gasteiger partial charge on any atom is -0.457 e. The zero-order valence-electron chi connectivity index (χ0n) is 13.5. The van der Waals surface area contributed by atoms with Gasteiger partial charge in [0.25, 0.3) is 0 Å². The van der Waals surface area contributed by atoms with Crippen LogP contribution in [0.2, 0.25) is 0 Å². The van der Waals surface area contributed by atoms with Gasteiger partial charge in [-0.05, 0) is 62.3 Å². The Bertz CT molecular complexity index is 637. The number of carbonyl (C=O) groups is 1. The van der Waals surface area contributed by atoms with Gasteiger partial charge in [0.1, 0.15) is 18.1 Å². The Hall–Kier alpha value is -2.37. The number of anilines is 1. The van der Waals surface area contributed by atoms with Crippen LogP contribution >= 0.6 is 0 Å². The largest absolute Gasteiger partial charge is 0.457 e. The molecule has 0 saturated carbocycles. The third kappa shape index (κ3) is 5.08. The Morgan fingerprint density at radius 3 is 2.38 bits per heavy atom. The molecule has 1 heterocycles. The van der Waals surface area contributed by atoms with Gasteiger partial charge in [-0.2, -0.15) is 0 Å². The molecule has 2 N–H and O–H groups in total. The molecule has 1 saturated heterocycles. The van der Waals surface area contributed by atoms with Gasteiger partial charge >= 0.3 is 0 Å². The van der Waals surface area contributed by atoms with E-state index in [0.29, 0.717) is 0 Å². The molecular formula is C19H22N2O3. The van der Waals surface area contributed by atoms with E-state index in [-0.39, 0.29) is 18.6 Å². The summed E-state index contributed by atoms with van der Waals surface area (Å²) in [5, 5.41) is 6.11. The molecule has 5 heteroatoms. The van der Waals surface area contributed by atoms with Crippen molar-refractivity contribution < 1.29 is 14.3 Å². The van der Waals surface area contributed by atoms with Crippen LogP contribution in [-0.4, -0.2) is 31.7 Å². The van der Waals surface area contributed by atoms with E-state index in [2.05, 4.69) is 10.6 Å². The lowest BCUT2D eigenvalue weighted by atomic mass is 10.1. The molecule has 24 heavy (non-hydrogen) atoms. The molecule has 5 nitrogen and oxygen atoms in total. The Balaban J connectivity index is 1.45. The first kappa shape index (κ1) is 16.5. The molecule has 3 rings (SSSR count). The summed E-state index contributed by atoms with van der Waals surface area (Å²) in [6, 6.07) is 16.9. The molecule has 1 fully saturated rings. The smallest absolute Gasteiger partial charge is 0.250 e. The molecule has 2 aromatic carbocycles. The molecule has 0 bridgehead atoms. The Kier molecular flexibility index (Phi) is 5.82. The van der Waals surface area contributed by atoms with Gasteiger partial charge in [-0.25, -0.2) is 0 Å². The van der Waals surface area contributed by atoms with Crippen LogP contribution in [0, 0.1) is 0 Å². The maximum Gasteiger partial charge on any atom is 0.250 e. The van der Waals surface area contributed by atoms with Crippen molar-refractivity contribution >= 4 is 11.6 Å². The number of ether oxygens (including phenoxy) is 2. The highest BCUT2D eigenvalue weighted by Gasteiger charge is 2.14. The SMILES string of the molecule is O=C(COC1CCNCC1)Nc1ccc(Oc2ccccc2)cc1. The highest BCUT2D eigenvalue weighted by atomic mass is 16.5. The molecule has 0 atom stereocenters. The Labute approximate surface area is 142 Å². The van der Waals surface area contributed by atoms with E-state index in [0.717, 1.165) is 43.1 Å². The molecule has 1 amide bonds. The van der Waals surface area contributed by atoms with E-state index in [9.17, 15) is 4.79 Å². The highest BCUT2D eigenvalue weighted by molar-refractivity contribution is 5.91. The second kappa shape index (κ2) is 8.47. The van der Waals surface area contributed by atoms with E-state index in [1.807, 2.05) is 54.6 Å². The van der Waals surface area contributed by atoms with Gasteiger partial charge in [0, 0.05) is 5.69 Å². The first-order valence-electron chi connectivity index (χ1n) is 8.25. The molecular weight excluding hydrogens is 304 g/mol. The number of hydrogen-bond acceptors (Lipinski definition) is 4. The van der Waals surface area contributed by atoms with E-state index >= 15 is 0 Å². The summed E-state index contributed by atoms with van der Waals surface area (Å²) < 4.78 is 11.4. The van der Waals surface area contributed by atoms with Crippen LogP contribution in [-0.2, 0) is 9.53 Å².